The Hall–Kier alpha value is -3.01. The summed E-state index contributed by atoms with van der Waals surface area (Å²) in [5.74, 6) is 0.568. The zero-order valence-electron chi connectivity index (χ0n) is 18.5. The Balaban J connectivity index is 1.26. The van der Waals surface area contributed by atoms with Crippen molar-refractivity contribution in [3.05, 3.63) is 64.4 Å². The molecule has 3 heterocycles. The molecule has 172 valence electrons. The molecular weight excluding hydrogens is 438 g/mol. The van der Waals surface area contributed by atoms with E-state index in [1.807, 2.05) is 36.4 Å². The van der Waals surface area contributed by atoms with Gasteiger partial charge in [-0.25, -0.2) is 13.4 Å². The van der Waals surface area contributed by atoms with Crippen molar-refractivity contribution in [2.45, 2.75) is 12.8 Å². The van der Waals surface area contributed by atoms with E-state index in [9.17, 15) is 13.2 Å². The molecule has 1 saturated heterocycles. The van der Waals surface area contributed by atoms with Gasteiger partial charge in [-0.2, -0.15) is 4.31 Å². The normalized spacial score (nSPS) is 16.0. The SMILES string of the molecule is CS(=O)(=O)N1CCN(CCCc2ccc3nc(-c4cc5ccccc5[nH]c4=O)[nH]c3c2)CC1. The summed E-state index contributed by atoms with van der Waals surface area (Å²) in [6.07, 6.45) is 3.19. The monoisotopic (exact) mass is 465 g/mol. The molecule has 0 spiro atoms. The molecule has 0 atom stereocenters. The Labute approximate surface area is 192 Å². The maximum absolute atomic E-state index is 12.6. The van der Waals surface area contributed by atoms with Gasteiger partial charge in [0.15, 0.2) is 0 Å². The van der Waals surface area contributed by atoms with Gasteiger partial charge < -0.3 is 14.9 Å². The highest BCUT2D eigenvalue weighted by Crippen LogP contribution is 2.22. The molecule has 0 aliphatic carbocycles. The fourth-order valence-corrected chi connectivity index (χ4v) is 5.28. The van der Waals surface area contributed by atoms with Gasteiger partial charge in [0.05, 0.1) is 22.9 Å². The third-order valence-electron chi connectivity index (χ3n) is 6.29. The van der Waals surface area contributed by atoms with Gasteiger partial charge in [-0.15, -0.1) is 0 Å². The highest BCUT2D eigenvalue weighted by atomic mass is 32.2. The van der Waals surface area contributed by atoms with E-state index < -0.39 is 10.0 Å². The summed E-state index contributed by atoms with van der Waals surface area (Å²) in [7, 11) is -3.09. The molecule has 0 radical (unpaired) electrons. The third-order valence-corrected chi connectivity index (χ3v) is 7.60. The van der Waals surface area contributed by atoms with Crippen molar-refractivity contribution in [3.8, 4) is 11.4 Å². The molecule has 0 amide bonds. The minimum Gasteiger partial charge on any atom is -0.338 e. The second kappa shape index (κ2) is 8.74. The predicted octanol–water partition coefficient (Wildman–Crippen LogP) is 2.58. The van der Waals surface area contributed by atoms with Gasteiger partial charge in [0.1, 0.15) is 5.82 Å². The zero-order chi connectivity index (χ0) is 23.0. The maximum Gasteiger partial charge on any atom is 0.259 e. The Kier molecular flexibility index (Phi) is 5.77. The topological polar surface area (TPSA) is 102 Å². The molecule has 1 aliphatic rings. The number of nitrogens with zero attached hydrogens (tertiary/aromatic N) is 3. The standard InChI is InChI=1S/C24H27N5O3S/c1-33(31,32)29-13-11-28(12-14-29)10-4-5-17-8-9-21-22(15-17)26-23(25-21)19-16-18-6-2-3-7-20(18)27-24(19)30/h2-3,6-9,15-16H,4-5,10-14H2,1H3,(H,25,26)(H,27,30). The number of aromatic nitrogens is 3. The van der Waals surface area contributed by atoms with E-state index in [4.69, 9.17) is 0 Å². The van der Waals surface area contributed by atoms with E-state index in [1.54, 1.807) is 4.31 Å². The van der Waals surface area contributed by atoms with Crippen molar-refractivity contribution in [3.63, 3.8) is 0 Å². The number of fused-ring (bicyclic) bond motifs is 2. The smallest absolute Gasteiger partial charge is 0.259 e. The first-order valence-corrected chi connectivity index (χ1v) is 13.0. The van der Waals surface area contributed by atoms with Crippen LogP contribution >= 0.6 is 0 Å². The summed E-state index contributed by atoms with van der Waals surface area (Å²) in [6, 6.07) is 15.7. The number of imidazole rings is 1. The van der Waals surface area contributed by atoms with Crippen LogP contribution < -0.4 is 5.56 Å². The van der Waals surface area contributed by atoms with Crippen molar-refractivity contribution in [2.24, 2.45) is 0 Å². The molecule has 0 bridgehead atoms. The molecule has 2 aromatic heterocycles. The number of pyridine rings is 1. The summed E-state index contributed by atoms with van der Waals surface area (Å²) in [5.41, 5.74) is 4.13. The number of hydrogen-bond donors (Lipinski definition) is 2. The van der Waals surface area contributed by atoms with Crippen molar-refractivity contribution < 1.29 is 8.42 Å². The van der Waals surface area contributed by atoms with Crippen LogP contribution in [-0.4, -0.2) is 71.6 Å². The van der Waals surface area contributed by atoms with E-state index in [1.165, 1.54) is 11.8 Å². The second-order valence-electron chi connectivity index (χ2n) is 8.64. The predicted molar refractivity (Wildman–Crippen MR) is 131 cm³/mol. The number of hydrogen-bond acceptors (Lipinski definition) is 5. The van der Waals surface area contributed by atoms with E-state index in [2.05, 4.69) is 32.0 Å². The Morgan fingerprint density at radius 1 is 0.970 bits per heavy atom. The number of H-pyrrole nitrogens is 2. The lowest BCUT2D eigenvalue weighted by atomic mass is 10.1. The van der Waals surface area contributed by atoms with Gasteiger partial charge in [-0.05, 0) is 54.6 Å². The number of sulfonamides is 1. The first-order valence-electron chi connectivity index (χ1n) is 11.2. The summed E-state index contributed by atoms with van der Waals surface area (Å²) >= 11 is 0. The van der Waals surface area contributed by atoms with E-state index >= 15 is 0 Å². The highest BCUT2D eigenvalue weighted by molar-refractivity contribution is 7.88. The molecule has 1 fully saturated rings. The molecule has 2 N–H and O–H groups in total. The van der Waals surface area contributed by atoms with Gasteiger partial charge in [0.2, 0.25) is 10.0 Å². The van der Waals surface area contributed by atoms with E-state index in [0.29, 0.717) is 24.5 Å². The van der Waals surface area contributed by atoms with Crippen LogP contribution in [0.15, 0.2) is 53.3 Å². The number of aryl methyl sites for hydroxylation is 1. The number of piperazine rings is 1. The largest absolute Gasteiger partial charge is 0.338 e. The lowest BCUT2D eigenvalue weighted by Crippen LogP contribution is -2.48. The Morgan fingerprint density at radius 3 is 2.55 bits per heavy atom. The third kappa shape index (κ3) is 4.71. The Bertz CT molecular complexity index is 1470. The molecule has 2 aromatic carbocycles. The van der Waals surface area contributed by atoms with Crippen molar-refractivity contribution in [2.75, 3.05) is 39.0 Å². The van der Waals surface area contributed by atoms with Crippen LogP contribution in [-0.2, 0) is 16.4 Å². The van der Waals surface area contributed by atoms with Crippen LogP contribution in [0.4, 0.5) is 0 Å². The lowest BCUT2D eigenvalue weighted by molar-refractivity contribution is 0.187. The van der Waals surface area contributed by atoms with Crippen LogP contribution in [0.5, 0.6) is 0 Å². The summed E-state index contributed by atoms with van der Waals surface area (Å²) in [5, 5.41) is 0.964. The summed E-state index contributed by atoms with van der Waals surface area (Å²) < 4.78 is 24.8. The lowest BCUT2D eigenvalue weighted by Gasteiger charge is -2.33. The molecule has 33 heavy (non-hydrogen) atoms. The molecular formula is C24H27N5O3S. The molecule has 4 aromatic rings. The molecule has 8 nitrogen and oxygen atoms in total. The van der Waals surface area contributed by atoms with Crippen LogP contribution in [0.25, 0.3) is 33.3 Å². The first-order chi connectivity index (χ1) is 15.9. The fourth-order valence-electron chi connectivity index (χ4n) is 4.45. The maximum atomic E-state index is 12.6. The average Bonchev–Trinajstić information content (AvgIpc) is 3.21. The Morgan fingerprint density at radius 2 is 1.76 bits per heavy atom. The number of aromatic amines is 2. The van der Waals surface area contributed by atoms with Gasteiger partial charge >= 0.3 is 0 Å². The minimum absolute atomic E-state index is 0.163. The van der Waals surface area contributed by atoms with Gasteiger partial charge in [-0.1, -0.05) is 24.3 Å². The van der Waals surface area contributed by atoms with Crippen LogP contribution in [0.2, 0.25) is 0 Å². The van der Waals surface area contributed by atoms with Crippen molar-refractivity contribution in [1.29, 1.82) is 0 Å². The first kappa shape index (κ1) is 21.8. The molecule has 5 rings (SSSR count). The number of nitrogens with one attached hydrogen (secondary N) is 2. The minimum atomic E-state index is -3.09. The number of benzene rings is 2. The number of rotatable bonds is 6. The van der Waals surface area contributed by atoms with Crippen LogP contribution in [0.3, 0.4) is 0 Å². The second-order valence-corrected chi connectivity index (χ2v) is 10.6. The summed E-state index contributed by atoms with van der Waals surface area (Å²) in [4.78, 5) is 25.8. The molecule has 0 unspecified atom stereocenters. The molecule has 1 aliphatic heterocycles. The van der Waals surface area contributed by atoms with Crippen LogP contribution in [0.1, 0.15) is 12.0 Å². The fraction of sp³-hybridized carbons (Fsp3) is 0.333. The molecule has 0 saturated carbocycles. The average molecular weight is 466 g/mol. The zero-order valence-corrected chi connectivity index (χ0v) is 19.4. The van der Waals surface area contributed by atoms with E-state index in [0.717, 1.165) is 54.4 Å². The summed E-state index contributed by atoms with van der Waals surface area (Å²) in [6.45, 7) is 3.62. The molecule has 9 heteroatoms. The van der Waals surface area contributed by atoms with E-state index in [-0.39, 0.29) is 5.56 Å². The van der Waals surface area contributed by atoms with Crippen molar-refractivity contribution >= 4 is 32.0 Å². The highest BCUT2D eigenvalue weighted by Gasteiger charge is 2.22. The van der Waals surface area contributed by atoms with Gasteiger partial charge in [0.25, 0.3) is 5.56 Å². The van der Waals surface area contributed by atoms with Crippen LogP contribution in [0, 0.1) is 0 Å². The van der Waals surface area contributed by atoms with Crippen molar-refractivity contribution in [1.82, 2.24) is 24.2 Å². The van der Waals surface area contributed by atoms with Gasteiger partial charge in [-0.3, -0.25) is 4.79 Å². The quantitative estimate of drug-likeness (QED) is 0.456. The number of para-hydroxylation sites is 1. The van der Waals surface area contributed by atoms with Gasteiger partial charge in [0, 0.05) is 31.7 Å².